The highest BCUT2D eigenvalue weighted by atomic mass is 79.9. The molecule has 0 bridgehead atoms. The molecule has 2 heterocycles. The number of anilines is 3. The molecular weight excluding hydrogens is 742 g/mol. The van der Waals surface area contributed by atoms with Crippen molar-refractivity contribution in [3.05, 3.63) is 94.2 Å². The van der Waals surface area contributed by atoms with Crippen LogP contribution in [0.15, 0.2) is 76.3 Å². The SMILES string of the molecule is Br.Nc1ccc(S(=O)(=O)Nc2nc(-c3cc(C(F)(F)F)ccc3F)cs2)cc1.Nc1nc(-c2cc(C(F)(F)F)ccc2F)cs1. The number of hydrogen-bond donors (Lipinski definition) is 3. The van der Waals surface area contributed by atoms with Gasteiger partial charge in [0, 0.05) is 27.6 Å². The van der Waals surface area contributed by atoms with Crippen LogP contribution in [-0.2, 0) is 22.4 Å². The van der Waals surface area contributed by atoms with Crippen LogP contribution in [0.25, 0.3) is 22.5 Å². The van der Waals surface area contributed by atoms with Gasteiger partial charge in [0.1, 0.15) is 11.6 Å². The summed E-state index contributed by atoms with van der Waals surface area (Å²) in [4.78, 5) is 7.57. The summed E-state index contributed by atoms with van der Waals surface area (Å²) >= 11 is 1.86. The number of nitrogen functional groups attached to an aromatic ring is 2. The minimum Gasteiger partial charge on any atom is -0.399 e. The van der Waals surface area contributed by atoms with Crippen LogP contribution in [0.3, 0.4) is 0 Å². The summed E-state index contributed by atoms with van der Waals surface area (Å²) in [6.07, 6.45) is -9.15. The van der Waals surface area contributed by atoms with Gasteiger partial charge in [0.15, 0.2) is 10.3 Å². The molecule has 3 aromatic carbocycles. The lowest BCUT2D eigenvalue weighted by Gasteiger charge is -2.08. The summed E-state index contributed by atoms with van der Waals surface area (Å²) in [6, 6.07) is 9.51. The van der Waals surface area contributed by atoms with Gasteiger partial charge >= 0.3 is 12.4 Å². The Kier molecular flexibility index (Phi) is 10.8. The minimum atomic E-state index is -4.64. The van der Waals surface area contributed by atoms with Gasteiger partial charge < -0.3 is 11.5 Å². The van der Waals surface area contributed by atoms with E-state index in [1.807, 2.05) is 0 Å². The molecule has 0 spiro atoms. The Morgan fingerprint density at radius 1 is 0.689 bits per heavy atom. The maximum absolute atomic E-state index is 13.9. The second-order valence-electron chi connectivity index (χ2n) is 8.67. The van der Waals surface area contributed by atoms with Crippen molar-refractivity contribution < 1.29 is 43.5 Å². The first kappa shape index (κ1) is 35.7. The Morgan fingerprint density at radius 3 is 1.60 bits per heavy atom. The van der Waals surface area contributed by atoms with E-state index in [-0.39, 0.29) is 54.7 Å². The summed E-state index contributed by atoms with van der Waals surface area (Å²) in [7, 11) is -3.97. The number of aromatic nitrogens is 2. The summed E-state index contributed by atoms with van der Waals surface area (Å²) in [6.45, 7) is 0. The molecule has 45 heavy (non-hydrogen) atoms. The number of nitrogens with zero attached hydrogens (tertiary/aromatic N) is 2. The second-order valence-corrected chi connectivity index (χ2v) is 12.1. The number of sulfonamides is 1. The molecule has 0 saturated heterocycles. The normalized spacial score (nSPS) is 11.7. The van der Waals surface area contributed by atoms with Crippen molar-refractivity contribution in [1.82, 2.24) is 9.97 Å². The Bertz CT molecular complexity index is 1890. The molecule has 0 aliphatic carbocycles. The average Bonchev–Trinajstić information content (AvgIpc) is 3.57. The molecule has 7 nitrogen and oxygen atoms in total. The smallest absolute Gasteiger partial charge is 0.399 e. The van der Waals surface area contributed by atoms with Gasteiger partial charge in [0.2, 0.25) is 0 Å². The summed E-state index contributed by atoms with van der Waals surface area (Å²) < 4.78 is 130. The zero-order valence-electron chi connectivity index (χ0n) is 22.0. The quantitative estimate of drug-likeness (QED) is 0.122. The van der Waals surface area contributed by atoms with Gasteiger partial charge in [-0.25, -0.2) is 27.2 Å². The van der Waals surface area contributed by atoms with Crippen LogP contribution in [-0.4, -0.2) is 18.4 Å². The van der Waals surface area contributed by atoms with Gasteiger partial charge in [0.25, 0.3) is 10.0 Å². The Morgan fingerprint density at radius 2 is 1.16 bits per heavy atom. The van der Waals surface area contributed by atoms with Crippen LogP contribution in [0.2, 0.25) is 0 Å². The molecule has 5 N–H and O–H groups in total. The highest BCUT2D eigenvalue weighted by molar-refractivity contribution is 8.93. The number of benzene rings is 3. The Balaban J connectivity index is 0.000000265. The van der Waals surface area contributed by atoms with Crippen molar-refractivity contribution in [1.29, 1.82) is 0 Å². The fraction of sp³-hybridized carbons (Fsp3) is 0.0769. The number of rotatable bonds is 5. The van der Waals surface area contributed by atoms with Crippen LogP contribution in [0.1, 0.15) is 11.1 Å². The van der Waals surface area contributed by atoms with Crippen LogP contribution in [0, 0.1) is 11.6 Å². The third-order valence-corrected chi connectivity index (χ3v) is 8.49. The molecule has 240 valence electrons. The Labute approximate surface area is 268 Å². The zero-order chi connectivity index (χ0) is 32.4. The number of hydrogen-bond acceptors (Lipinski definition) is 8. The van der Waals surface area contributed by atoms with Gasteiger partial charge in [-0.15, -0.1) is 39.7 Å². The maximum Gasteiger partial charge on any atom is 0.416 e. The van der Waals surface area contributed by atoms with E-state index in [0.29, 0.717) is 30.0 Å². The number of nitrogens with one attached hydrogen (secondary N) is 1. The van der Waals surface area contributed by atoms with E-state index in [0.717, 1.165) is 34.8 Å². The molecule has 0 radical (unpaired) electrons. The van der Waals surface area contributed by atoms with Gasteiger partial charge in [-0.3, -0.25) is 4.72 Å². The topological polar surface area (TPSA) is 124 Å². The summed E-state index contributed by atoms with van der Waals surface area (Å²) in [5, 5.41) is 2.74. The van der Waals surface area contributed by atoms with Crippen molar-refractivity contribution in [3.63, 3.8) is 0 Å². The predicted octanol–water partition coefficient (Wildman–Crippen LogP) is 8.48. The lowest BCUT2D eigenvalue weighted by molar-refractivity contribution is -0.138. The van der Waals surface area contributed by atoms with Gasteiger partial charge in [-0.1, -0.05) is 0 Å². The monoisotopic (exact) mass is 759 g/mol. The molecule has 0 fully saturated rings. The van der Waals surface area contributed by atoms with Crippen molar-refractivity contribution in [2.75, 3.05) is 16.2 Å². The van der Waals surface area contributed by atoms with Crippen LogP contribution in [0.4, 0.5) is 51.1 Å². The zero-order valence-corrected chi connectivity index (χ0v) is 26.1. The fourth-order valence-corrected chi connectivity index (χ4v) is 6.00. The lowest BCUT2D eigenvalue weighted by atomic mass is 10.1. The summed E-state index contributed by atoms with van der Waals surface area (Å²) in [5.41, 5.74) is 8.71. The first-order valence-electron chi connectivity index (χ1n) is 11.7. The number of halogens is 9. The van der Waals surface area contributed by atoms with Gasteiger partial charge in [0.05, 0.1) is 27.4 Å². The third kappa shape index (κ3) is 8.89. The van der Waals surface area contributed by atoms with Crippen LogP contribution >= 0.6 is 39.7 Å². The molecule has 19 heteroatoms. The highest BCUT2D eigenvalue weighted by Crippen LogP contribution is 2.36. The maximum atomic E-state index is 13.9. The van der Waals surface area contributed by atoms with Gasteiger partial charge in [-0.2, -0.15) is 26.3 Å². The first-order valence-corrected chi connectivity index (χ1v) is 15.0. The van der Waals surface area contributed by atoms with E-state index in [9.17, 15) is 43.5 Å². The molecular formula is C26H18BrF8N5O2S3. The van der Waals surface area contributed by atoms with E-state index in [1.165, 1.54) is 35.0 Å². The number of thiazole rings is 2. The molecule has 0 aliphatic heterocycles. The molecule has 0 unspecified atom stereocenters. The lowest BCUT2D eigenvalue weighted by Crippen LogP contribution is -2.12. The fourth-order valence-electron chi connectivity index (χ4n) is 3.47. The van der Waals surface area contributed by atoms with Crippen molar-refractivity contribution in [3.8, 4) is 22.5 Å². The largest absolute Gasteiger partial charge is 0.416 e. The Hall–Kier alpha value is -3.81. The molecule has 0 saturated carbocycles. The summed E-state index contributed by atoms with van der Waals surface area (Å²) in [5.74, 6) is -1.66. The van der Waals surface area contributed by atoms with E-state index in [2.05, 4.69) is 14.7 Å². The minimum absolute atomic E-state index is 0. The van der Waals surface area contributed by atoms with Crippen molar-refractivity contribution >= 4 is 65.6 Å². The van der Waals surface area contributed by atoms with E-state index >= 15 is 0 Å². The average molecular weight is 761 g/mol. The third-order valence-electron chi connectivity index (χ3n) is 5.58. The van der Waals surface area contributed by atoms with Crippen molar-refractivity contribution in [2.24, 2.45) is 0 Å². The second kappa shape index (κ2) is 13.7. The molecule has 2 aromatic heterocycles. The molecule has 5 rings (SSSR count). The molecule has 0 aliphatic rings. The predicted molar refractivity (Wildman–Crippen MR) is 161 cm³/mol. The van der Waals surface area contributed by atoms with Crippen molar-refractivity contribution in [2.45, 2.75) is 17.2 Å². The van der Waals surface area contributed by atoms with E-state index in [4.69, 9.17) is 11.5 Å². The molecule has 0 atom stereocenters. The van der Waals surface area contributed by atoms with E-state index in [1.54, 1.807) is 0 Å². The molecule has 5 aromatic rings. The first-order chi connectivity index (χ1) is 20.4. The molecule has 0 amide bonds. The number of alkyl halides is 6. The van der Waals surface area contributed by atoms with Crippen LogP contribution < -0.4 is 16.2 Å². The van der Waals surface area contributed by atoms with Gasteiger partial charge in [-0.05, 0) is 60.7 Å². The van der Waals surface area contributed by atoms with E-state index < -0.39 is 45.1 Å². The number of nitrogens with two attached hydrogens (primary N) is 2. The standard InChI is InChI=1S/C16H11F4N3O2S2.C10H6F4N2S.BrH/c17-13-6-1-9(16(18,19)20)7-12(13)14-8-26-15(22-14)23-27(24,25)11-4-2-10(21)3-5-11;11-7-2-1-5(10(12,13)14)3-6(7)8-4-17-9(15)16-8;/h1-8H,21H2,(H,22,23);1-4H,(H2,15,16);1H. The highest BCUT2D eigenvalue weighted by Gasteiger charge is 2.32. The van der Waals surface area contributed by atoms with Crippen LogP contribution in [0.5, 0.6) is 0 Å².